The summed E-state index contributed by atoms with van der Waals surface area (Å²) < 4.78 is 0. The maximum Gasteiger partial charge on any atom is 0.158 e. The van der Waals surface area contributed by atoms with Gasteiger partial charge >= 0.3 is 0 Å². The van der Waals surface area contributed by atoms with E-state index in [-0.39, 0.29) is 28.1 Å². The predicted molar refractivity (Wildman–Crippen MR) is 60.2 cm³/mol. The Bertz CT molecular complexity index is 139. The lowest BCUT2D eigenvalue weighted by Gasteiger charge is -2.20. The molecule has 0 fully saturated rings. The van der Waals surface area contributed by atoms with E-state index in [0.29, 0.717) is 0 Å². The van der Waals surface area contributed by atoms with Gasteiger partial charge in [-0.2, -0.15) is 25.3 Å². The van der Waals surface area contributed by atoms with E-state index in [9.17, 15) is 4.79 Å². The summed E-state index contributed by atoms with van der Waals surface area (Å²) in [5.74, 6) is 0.718. The molecule has 2 unspecified atom stereocenters. The van der Waals surface area contributed by atoms with E-state index in [4.69, 9.17) is 0 Å². The van der Waals surface area contributed by atoms with Crippen molar-refractivity contribution in [2.75, 3.05) is 0 Å². The summed E-state index contributed by atoms with van der Waals surface area (Å²) in [7, 11) is 0. The van der Waals surface area contributed by atoms with Crippen molar-refractivity contribution in [1.82, 2.24) is 0 Å². The van der Waals surface area contributed by atoms with Gasteiger partial charge in [-0.15, -0.1) is 0 Å². The topological polar surface area (TPSA) is 17.1 Å². The van der Waals surface area contributed by atoms with Gasteiger partial charge in [-0.1, -0.05) is 27.7 Å². The highest BCUT2D eigenvalue weighted by Gasteiger charge is 2.25. The van der Waals surface area contributed by atoms with E-state index in [2.05, 4.69) is 25.3 Å². The number of ketones is 1. The van der Waals surface area contributed by atoms with E-state index in [1.54, 1.807) is 0 Å². The third-order valence-corrected chi connectivity index (χ3v) is 3.55. The molecule has 0 aliphatic carbocycles. The van der Waals surface area contributed by atoms with Crippen LogP contribution in [0.4, 0.5) is 0 Å². The van der Waals surface area contributed by atoms with Crippen molar-refractivity contribution >= 4 is 31.0 Å². The molecule has 0 rings (SSSR count). The highest BCUT2D eigenvalue weighted by atomic mass is 32.1. The maximum absolute atomic E-state index is 11.6. The lowest BCUT2D eigenvalue weighted by Crippen LogP contribution is -2.31. The number of carbonyl (C=O) groups excluding carboxylic acids is 1. The van der Waals surface area contributed by atoms with Gasteiger partial charge in [0.05, 0.1) is 10.5 Å². The highest BCUT2D eigenvalue weighted by molar-refractivity contribution is 7.83. The number of hydrogen-bond acceptors (Lipinski definition) is 3. The minimum Gasteiger partial charge on any atom is -0.297 e. The molecule has 0 heterocycles. The molecule has 1 nitrogen and oxygen atoms in total. The summed E-state index contributed by atoms with van der Waals surface area (Å²) in [6, 6.07) is 0. The Hall–Kier alpha value is 0.370. The fourth-order valence-corrected chi connectivity index (χ4v) is 1.27. The molecule has 0 aliphatic rings. The summed E-state index contributed by atoms with van der Waals surface area (Å²) in [6.45, 7) is 7.99. The zero-order chi connectivity index (χ0) is 9.89. The van der Waals surface area contributed by atoms with Crippen LogP contribution in [0.15, 0.2) is 0 Å². The Morgan fingerprint density at radius 2 is 1.17 bits per heavy atom. The monoisotopic (exact) mass is 206 g/mol. The molecular formula is C9H18OS2. The molecule has 0 N–H and O–H groups in total. The fourth-order valence-electron chi connectivity index (χ4n) is 0.832. The molecule has 0 aromatic heterocycles. The molecule has 2 atom stereocenters. The second-order valence-corrected chi connectivity index (χ2v) is 4.89. The van der Waals surface area contributed by atoms with E-state index >= 15 is 0 Å². The lowest BCUT2D eigenvalue weighted by molar-refractivity contribution is -0.119. The van der Waals surface area contributed by atoms with E-state index in [0.717, 1.165) is 0 Å². The van der Waals surface area contributed by atoms with Crippen LogP contribution in [-0.2, 0) is 4.79 Å². The number of Topliss-reactive ketones (excluding diaryl/α,β-unsaturated/α-hetero) is 1. The SMILES string of the molecule is CC(C)C(S)C(=O)C(S)C(C)C. The van der Waals surface area contributed by atoms with Gasteiger partial charge in [-0.25, -0.2) is 0 Å². The first-order valence-corrected chi connectivity index (χ1v) is 5.31. The zero-order valence-corrected chi connectivity index (χ0v) is 9.90. The molecule has 3 heteroatoms. The Labute approximate surface area is 86.1 Å². The third kappa shape index (κ3) is 3.40. The van der Waals surface area contributed by atoms with Crippen molar-refractivity contribution < 1.29 is 4.79 Å². The van der Waals surface area contributed by atoms with Gasteiger partial charge < -0.3 is 0 Å². The van der Waals surface area contributed by atoms with Crippen molar-refractivity contribution in [3.05, 3.63) is 0 Å². The van der Waals surface area contributed by atoms with Crippen molar-refractivity contribution in [2.45, 2.75) is 38.2 Å². The zero-order valence-electron chi connectivity index (χ0n) is 8.11. The first-order valence-electron chi connectivity index (χ1n) is 4.27. The van der Waals surface area contributed by atoms with Crippen LogP contribution < -0.4 is 0 Å². The van der Waals surface area contributed by atoms with E-state index < -0.39 is 0 Å². The first-order chi connectivity index (χ1) is 5.37. The largest absolute Gasteiger partial charge is 0.297 e. The average Bonchev–Trinajstić information content (AvgIpc) is 2.00. The standard InChI is InChI=1S/C9H18OS2/c1-5(2)8(11)7(10)9(12)6(3)4/h5-6,8-9,11-12H,1-4H3. The van der Waals surface area contributed by atoms with Crippen LogP contribution in [0.5, 0.6) is 0 Å². The molecule has 0 saturated heterocycles. The van der Waals surface area contributed by atoms with Gasteiger partial charge in [0.1, 0.15) is 0 Å². The smallest absolute Gasteiger partial charge is 0.158 e. The van der Waals surface area contributed by atoms with E-state index in [1.807, 2.05) is 27.7 Å². The molecule has 12 heavy (non-hydrogen) atoms. The Morgan fingerprint density at radius 1 is 0.917 bits per heavy atom. The van der Waals surface area contributed by atoms with Crippen molar-refractivity contribution in [3.8, 4) is 0 Å². The Morgan fingerprint density at radius 3 is 1.33 bits per heavy atom. The molecule has 0 saturated carbocycles. The minimum absolute atomic E-state index is 0.145. The number of carbonyl (C=O) groups is 1. The molecule has 0 aromatic carbocycles. The van der Waals surface area contributed by atoms with Crippen LogP contribution in [0.1, 0.15) is 27.7 Å². The molecule has 0 aromatic rings. The summed E-state index contributed by atoms with van der Waals surface area (Å²) in [5.41, 5.74) is 0. The molecular weight excluding hydrogens is 188 g/mol. The van der Waals surface area contributed by atoms with Gasteiger partial charge in [0, 0.05) is 0 Å². The summed E-state index contributed by atoms with van der Waals surface area (Å²) in [5, 5.41) is -0.343. The van der Waals surface area contributed by atoms with Crippen LogP contribution >= 0.6 is 25.3 Å². The fraction of sp³-hybridized carbons (Fsp3) is 0.889. The predicted octanol–water partition coefficient (Wildman–Crippen LogP) is 2.46. The minimum atomic E-state index is -0.171. The third-order valence-electron chi connectivity index (χ3n) is 1.85. The van der Waals surface area contributed by atoms with Crippen LogP contribution in [0, 0.1) is 11.8 Å². The van der Waals surface area contributed by atoms with Crippen LogP contribution in [0.2, 0.25) is 0 Å². The molecule has 0 aliphatic heterocycles. The Kier molecular flexibility index (Phi) is 5.34. The Balaban J connectivity index is 4.19. The van der Waals surface area contributed by atoms with Crippen molar-refractivity contribution in [2.24, 2.45) is 11.8 Å². The second kappa shape index (κ2) is 5.18. The quantitative estimate of drug-likeness (QED) is 0.676. The van der Waals surface area contributed by atoms with Gasteiger partial charge in [0.25, 0.3) is 0 Å². The molecule has 0 bridgehead atoms. The first kappa shape index (κ1) is 12.4. The molecule has 0 amide bonds. The summed E-state index contributed by atoms with van der Waals surface area (Å²) in [6.07, 6.45) is 0. The van der Waals surface area contributed by atoms with Gasteiger partial charge in [-0.3, -0.25) is 4.79 Å². The van der Waals surface area contributed by atoms with Gasteiger partial charge in [0.2, 0.25) is 0 Å². The van der Waals surface area contributed by atoms with Crippen LogP contribution in [0.3, 0.4) is 0 Å². The number of thiol groups is 2. The number of rotatable bonds is 4. The molecule has 72 valence electrons. The summed E-state index contributed by atoms with van der Waals surface area (Å²) in [4.78, 5) is 11.6. The van der Waals surface area contributed by atoms with E-state index in [1.165, 1.54) is 0 Å². The van der Waals surface area contributed by atoms with Crippen LogP contribution in [-0.4, -0.2) is 16.3 Å². The normalized spacial score (nSPS) is 16.7. The number of hydrogen-bond donors (Lipinski definition) is 2. The lowest BCUT2D eigenvalue weighted by atomic mass is 9.98. The summed E-state index contributed by atoms with van der Waals surface area (Å²) >= 11 is 8.51. The average molecular weight is 206 g/mol. The second-order valence-electron chi connectivity index (χ2n) is 3.78. The van der Waals surface area contributed by atoms with Gasteiger partial charge in [-0.05, 0) is 11.8 Å². The molecule has 0 spiro atoms. The maximum atomic E-state index is 11.6. The van der Waals surface area contributed by atoms with Crippen molar-refractivity contribution in [3.63, 3.8) is 0 Å². The van der Waals surface area contributed by atoms with Crippen molar-refractivity contribution in [1.29, 1.82) is 0 Å². The highest BCUT2D eigenvalue weighted by Crippen LogP contribution is 2.19. The van der Waals surface area contributed by atoms with Gasteiger partial charge in [0.15, 0.2) is 5.78 Å². The molecule has 0 radical (unpaired) electrons. The van der Waals surface area contributed by atoms with Crippen LogP contribution in [0.25, 0.3) is 0 Å².